The number of nitrogens with one attached hydrogen (secondary N) is 1. The Labute approximate surface area is 146 Å². The lowest BCUT2D eigenvalue weighted by Crippen LogP contribution is -2.38. The fraction of sp³-hybridized carbons (Fsp3) is 0.650. The number of hydrogen-bond acceptors (Lipinski definition) is 3. The van der Waals surface area contributed by atoms with E-state index in [-0.39, 0.29) is 11.3 Å². The fourth-order valence-electron chi connectivity index (χ4n) is 2.90. The predicted octanol–water partition coefficient (Wildman–Crippen LogP) is 4.31. The minimum Gasteiger partial charge on any atom is -0.494 e. The molecule has 0 bridgehead atoms. The van der Waals surface area contributed by atoms with Gasteiger partial charge in [0.2, 0.25) is 5.91 Å². The van der Waals surface area contributed by atoms with Crippen LogP contribution in [0.15, 0.2) is 24.3 Å². The molecule has 1 aromatic rings. The van der Waals surface area contributed by atoms with E-state index >= 15 is 0 Å². The topological polar surface area (TPSA) is 41.6 Å². The summed E-state index contributed by atoms with van der Waals surface area (Å²) in [5, 5.41) is 2.92. The van der Waals surface area contributed by atoms with Gasteiger partial charge in [-0.25, -0.2) is 0 Å². The van der Waals surface area contributed by atoms with Gasteiger partial charge in [0.15, 0.2) is 0 Å². The number of benzene rings is 1. The van der Waals surface area contributed by atoms with Crippen LogP contribution in [-0.2, 0) is 4.79 Å². The van der Waals surface area contributed by atoms with E-state index in [9.17, 15) is 4.79 Å². The Balaban J connectivity index is 1.71. The van der Waals surface area contributed by atoms with Gasteiger partial charge in [0.25, 0.3) is 0 Å². The van der Waals surface area contributed by atoms with E-state index in [0.717, 1.165) is 31.0 Å². The van der Waals surface area contributed by atoms with Gasteiger partial charge in [0, 0.05) is 23.7 Å². The zero-order chi connectivity index (χ0) is 17.6. The second-order valence-electron chi connectivity index (χ2n) is 7.81. The number of amides is 1. The third-order valence-electron chi connectivity index (χ3n) is 4.59. The molecule has 4 nitrogen and oxygen atoms in total. The number of piperidine rings is 1. The van der Waals surface area contributed by atoms with Crippen LogP contribution in [0.1, 0.15) is 53.4 Å². The van der Waals surface area contributed by atoms with Crippen LogP contribution in [0.5, 0.6) is 5.75 Å². The molecule has 1 unspecified atom stereocenters. The Hall–Kier alpha value is -1.55. The first-order valence-electron chi connectivity index (χ1n) is 9.14. The quantitative estimate of drug-likeness (QED) is 0.789. The molecule has 0 saturated carbocycles. The maximum Gasteiger partial charge on any atom is 0.229 e. The Kier molecular flexibility index (Phi) is 6.67. The molecule has 1 amide bonds. The van der Waals surface area contributed by atoms with Gasteiger partial charge in [-0.1, -0.05) is 27.2 Å². The molecule has 4 heteroatoms. The third-order valence-corrected chi connectivity index (χ3v) is 4.59. The van der Waals surface area contributed by atoms with Gasteiger partial charge >= 0.3 is 0 Å². The standard InChI is InChI=1S/C20H32N2O2/c1-16-8-5-6-13-22(16)14-7-15-24-18-11-9-17(10-12-18)21-19(23)20(2,3)4/h9-12,16H,5-8,13-15H2,1-4H3,(H,21,23). The summed E-state index contributed by atoms with van der Waals surface area (Å²) in [4.78, 5) is 14.5. The molecule has 1 aromatic carbocycles. The zero-order valence-corrected chi connectivity index (χ0v) is 15.6. The largest absolute Gasteiger partial charge is 0.494 e. The van der Waals surface area contributed by atoms with Crippen LogP contribution in [-0.4, -0.2) is 36.5 Å². The van der Waals surface area contributed by atoms with Crippen molar-refractivity contribution < 1.29 is 9.53 Å². The van der Waals surface area contributed by atoms with Crippen LogP contribution in [0.4, 0.5) is 5.69 Å². The highest BCUT2D eigenvalue weighted by Gasteiger charge is 2.21. The van der Waals surface area contributed by atoms with Crippen LogP contribution in [0, 0.1) is 5.41 Å². The SMILES string of the molecule is CC1CCCCN1CCCOc1ccc(NC(=O)C(C)(C)C)cc1. The molecular weight excluding hydrogens is 300 g/mol. The zero-order valence-electron chi connectivity index (χ0n) is 15.6. The van der Waals surface area contributed by atoms with Crippen molar-refractivity contribution in [1.29, 1.82) is 0 Å². The molecule has 0 radical (unpaired) electrons. The molecule has 1 heterocycles. The molecule has 1 N–H and O–H groups in total. The number of nitrogens with zero attached hydrogens (tertiary/aromatic N) is 1. The van der Waals surface area contributed by atoms with E-state index in [0.29, 0.717) is 6.04 Å². The Bertz CT molecular complexity index is 519. The second-order valence-corrected chi connectivity index (χ2v) is 7.81. The summed E-state index contributed by atoms with van der Waals surface area (Å²) in [5.41, 5.74) is 0.422. The molecule has 1 aliphatic heterocycles. The highest BCUT2D eigenvalue weighted by molar-refractivity contribution is 5.94. The van der Waals surface area contributed by atoms with E-state index < -0.39 is 0 Å². The maximum absolute atomic E-state index is 12.0. The number of hydrogen-bond donors (Lipinski definition) is 1. The third kappa shape index (κ3) is 5.82. The summed E-state index contributed by atoms with van der Waals surface area (Å²) in [5.74, 6) is 0.877. The van der Waals surface area contributed by atoms with Crippen molar-refractivity contribution in [3.63, 3.8) is 0 Å². The number of carbonyl (C=O) groups is 1. The Morgan fingerprint density at radius 3 is 2.58 bits per heavy atom. The van der Waals surface area contributed by atoms with Crippen LogP contribution < -0.4 is 10.1 Å². The average molecular weight is 332 g/mol. The van der Waals surface area contributed by atoms with Gasteiger partial charge in [-0.3, -0.25) is 4.79 Å². The van der Waals surface area contributed by atoms with E-state index in [2.05, 4.69) is 17.1 Å². The van der Waals surface area contributed by atoms with Crippen LogP contribution >= 0.6 is 0 Å². The summed E-state index contributed by atoms with van der Waals surface area (Å²) >= 11 is 0. The average Bonchev–Trinajstić information content (AvgIpc) is 2.53. The van der Waals surface area contributed by atoms with Crippen molar-refractivity contribution in [1.82, 2.24) is 4.90 Å². The van der Waals surface area contributed by atoms with Gasteiger partial charge in [0.1, 0.15) is 5.75 Å². The molecular formula is C20H32N2O2. The number of likely N-dealkylation sites (tertiary alicyclic amines) is 1. The fourth-order valence-corrected chi connectivity index (χ4v) is 2.90. The van der Waals surface area contributed by atoms with Gasteiger partial charge in [-0.05, 0) is 57.0 Å². The normalized spacial score (nSPS) is 19.1. The first-order valence-corrected chi connectivity index (χ1v) is 9.14. The smallest absolute Gasteiger partial charge is 0.229 e. The number of carbonyl (C=O) groups excluding carboxylic acids is 1. The van der Waals surface area contributed by atoms with Gasteiger partial charge in [-0.2, -0.15) is 0 Å². The Morgan fingerprint density at radius 1 is 1.25 bits per heavy atom. The molecule has 24 heavy (non-hydrogen) atoms. The van der Waals surface area contributed by atoms with Crippen molar-refractivity contribution in [2.75, 3.05) is 25.0 Å². The lowest BCUT2D eigenvalue weighted by molar-refractivity contribution is -0.123. The molecule has 1 aliphatic rings. The molecule has 1 fully saturated rings. The lowest BCUT2D eigenvalue weighted by Gasteiger charge is -2.33. The van der Waals surface area contributed by atoms with Crippen LogP contribution in [0.25, 0.3) is 0 Å². The highest BCUT2D eigenvalue weighted by atomic mass is 16.5. The van der Waals surface area contributed by atoms with E-state index in [1.807, 2.05) is 45.0 Å². The maximum atomic E-state index is 12.0. The van der Waals surface area contributed by atoms with Crippen molar-refractivity contribution in [2.45, 2.75) is 59.4 Å². The first kappa shape index (κ1) is 18.8. The van der Waals surface area contributed by atoms with Crippen LogP contribution in [0.3, 0.4) is 0 Å². The highest BCUT2D eigenvalue weighted by Crippen LogP contribution is 2.20. The predicted molar refractivity (Wildman–Crippen MR) is 99.5 cm³/mol. The molecule has 0 aromatic heterocycles. The van der Waals surface area contributed by atoms with Crippen molar-refractivity contribution >= 4 is 11.6 Å². The van der Waals surface area contributed by atoms with E-state index in [4.69, 9.17) is 4.74 Å². The van der Waals surface area contributed by atoms with Gasteiger partial charge < -0.3 is 15.0 Å². The van der Waals surface area contributed by atoms with Crippen LogP contribution in [0.2, 0.25) is 0 Å². The number of rotatable bonds is 6. The molecule has 0 aliphatic carbocycles. The number of ether oxygens (including phenoxy) is 1. The van der Waals surface area contributed by atoms with E-state index in [1.54, 1.807) is 0 Å². The molecule has 1 saturated heterocycles. The van der Waals surface area contributed by atoms with Crippen molar-refractivity contribution in [3.05, 3.63) is 24.3 Å². The van der Waals surface area contributed by atoms with Crippen molar-refractivity contribution in [3.8, 4) is 5.75 Å². The minimum atomic E-state index is -0.388. The molecule has 2 rings (SSSR count). The molecule has 1 atom stereocenters. The van der Waals surface area contributed by atoms with E-state index in [1.165, 1.54) is 25.8 Å². The molecule has 134 valence electrons. The van der Waals surface area contributed by atoms with Gasteiger partial charge in [0.05, 0.1) is 6.61 Å². The monoisotopic (exact) mass is 332 g/mol. The first-order chi connectivity index (χ1) is 11.4. The summed E-state index contributed by atoms with van der Waals surface area (Å²) in [6, 6.07) is 8.34. The molecule has 0 spiro atoms. The summed E-state index contributed by atoms with van der Waals surface area (Å²) in [6.07, 6.45) is 5.06. The minimum absolute atomic E-state index is 0.0202. The Morgan fingerprint density at radius 2 is 1.96 bits per heavy atom. The van der Waals surface area contributed by atoms with Crippen molar-refractivity contribution in [2.24, 2.45) is 5.41 Å². The van der Waals surface area contributed by atoms with Gasteiger partial charge in [-0.15, -0.1) is 0 Å². The summed E-state index contributed by atoms with van der Waals surface area (Å²) in [7, 11) is 0. The summed E-state index contributed by atoms with van der Waals surface area (Å²) in [6.45, 7) is 11.1. The lowest BCUT2D eigenvalue weighted by atomic mass is 9.95. The number of anilines is 1. The summed E-state index contributed by atoms with van der Waals surface area (Å²) < 4.78 is 5.82. The second kappa shape index (κ2) is 8.52.